The van der Waals surface area contributed by atoms with Crippen molar-refractivity contribution in [2.24, 2.45) is 5.92 Å². The van der Waals surface area contributed by atoms with Gasteiger partial charge in [-0.05, 0) is 37.8 Å². The number of aliphatic hydroxyl groups is 1. The third kappa shape index (κ3) is 3.77. The van der Waals surface area contributed by atoms with Crippen molar-refractivity contribution in [3.63, 3.8) is 0 Å². The number of pyridine rings is 1. The SMILES string of the molecule is Cc1ccc(C(=O)NCC2(O)CCCC(C)C2)cn1. The highest BCUT2D eigenvalue weighted by Gasteiger charge is 2.32. The average molecular weight is 262 g/mol. The summed E-state index contributed by atoms with van der Waals surface area (Å²) in [7, 11) is 0. The maximum atomic E-state index is 12.0. The van der Waals surface area contributed by atoms with Gasteiger partial charge in [-0.15, -0.1) is 0 Å². The van der Waals surface area contributed by atoms with Gasteiger partial charge in [-0.1, -0.05) is 19.8 Å². The highest BCUT2D eigenvalue weighted by atomic mass is 16.3. The molecule has 0 spiro atoms. The van der Waals surface area contributed by atoms with E-state index >= 15 is 0 Å². The molecule has 0 saturated heterocycles. The summed E-state index contributed by atoms with van der Waals surface area (Å²) in [5.41, 5.74) is 0.681. The van der Waals surface area contributed by atoms with Gasteiger partial charge < -0.3 is 10.4 Å². The topological polar surface area (TPSA) is 62.2 Å². The lowest BCUT2D eigenvalue weighted by atomic mass is 9.79. The molecule has 1 aromatic rings. The van der Waals surface area contributed by atoms with E-state index in [0.717, 1.165) is 31.4 Å². The maximum Gasteiger partial charge on any atom is 0.252 e. The molecule has 2 N–H and O–H groups in total. The highest BCUT2D eigenvalue weighted by molar-refractivity contribution is 5.93. The van der Waals surface area contributed by atoms with E-state index in [1.54, 1.807) is 12.3 Å². The van der Waals surface area contributed by atoms with Crippen molar-refractivity contribution >= 4 is 5.91 Å². The quantitative estimate of drug-likeness (QED) is 0.876. The Morgan fingerprint density at radius 3 is 3.00 bits per heavy atom. The molecule has 0 bridgehead atoms. The van der Waals surface area contributed by atoms with Crippen LogP contribution >= 0.6 is 0 Å². The largest absolute Gasteiger partial charge is 0.388 e. The van der Waals surface area contributed by atoms with Crippen LogP contribution in [0.1, 0.15) is 48.7 Å². The Labute approximate surface area is 114 Å². The lowest BCUT2D eigenvalue weighted by Crippen LogP contribution is -2.45. The Balaban J connectivity index is 1.91. The molecule has 1 amide bonds. The van der Waals surface area contributed by atoms with E-state index in [4.69, 9.17) is 0 Å². The predicted octanol–water partition coefficient (Wildman–Crippen LogP) is 2.06. The van der Waals surface area contributed by atoms with Crippen molar-refractivity contribution in [1.29, 1.82) is 0 Å². The number of hydrogen-bond donors (Lipinski definition) is 2. The summed E-state index contributed by atoms with van der Waals surface area (Å²) in [6.07, 6.45) is 5.29. The van der Waals surface area contributed by atoms with Crippen LogP contribution in [0.2, 0.25) is 0 Å². The van der Waals surface area contributed by atoms with Crippen LogP contribution in [-0.4, -0.2) is 28.1 Å². The summed E-state index contributed by atoms with van der Waals surface area (Å²) in [6.45, 7) is 4.35. The number of aromatic nitrogens is 1. The number of aryl methyl sites for hydroxylation is 1. The molecular weight excluding hydrogens is 240 g/mol. The van der Waals surface area contributed by atoms with Gasteiger partial charge in [0.1, 0.15) is 0 Å². The summed E-state index contributed by atoms with van der Waals surface area (Å²) in [6, 6.07) is 3.57. The van der Waals surface area contributed by atoms with E-state index in [0.29, 0.717) is 18.0 Å². The molecule has 2 rings (SSSR count). The number of rotatable bonds is 3. The van der Waals surface area contributed by atoms with Crippen LogP contribution in [0.5, 0.6) is 0 Å². The van der Waals surface area contributed by atoms with E-state index in [-0.39, 0.29) is 5.91 Å². The van der Waals surface area contributed by atoms with Crippen LogP contribution < -0.4 is 5.32 Å². The third-order valence-electron chi connectivity index (χ3n) is 3.82. The van der Waals surface area contributed by atoms with Crippen LogP contribution in [0.25, 0.3) is 0 Å². The van der Waals surface area contributed by atoms with Gasteiger partial charge in [0.15, 0.2) is 0 Å². The second kappa shape index (κ2) is 5.70. The van der Waals surface area contributed by atoms with Crippen molar-refractivity contribution in [3.05, 3.63) is 29.6 Å². The first kappa shape index (κ1) is 14.0. The number of nitrogens with zero attached hydrogens (tertiary/aromatic N) is 1. The number of carbonyl (C=O) groups is 1. The summed E-state index contributed by atoms with van der Waals surface area (Å²) < 4.78 is 0. The fraction of sp³-hybridized carbons (Fsp3) is 0.600. The Kier molecular flexibility index (Phi) is 4.20. The zero-order valence-corrected chi connectivity index (χ0v) is 11.6. The molecule has 1 saturated carbocycles. The highest BCUT2D eigenvalue weighted by Crippen LogP contribution is 2.31. The maximum absolute atomic E-state index is 12.0. The van der Waals surface area contributed by atoms with Crippen LogP contribution in [-0.2, 0) is 0 Å². The summed E-state index contributed by atoms with van der Waals surface area (Å²) in [5.74, 6) is 0.357. The number of nitrogens with one attached hydrogen (secondary N) is 1. The molecule has 1 aromatic heterocycles. The Bertz CT molecular complexity index is 444. The molecule has 19 heavy (non-hydrogen) atoms. The Morgan fingerprint density at radius 2 is 2.37 bits per heavy atom. The van der Waals surface area contributed by atoms with Gasteiger partial charge >= 0.3 is 0 Å². The Hall–Kier alpha value is -1.42. The molecule has 0 aliphatic heterocycles. The molecular formula is C15H22N2O2. The lowest BCUT2D eigenvalue weighted by Gasteiger charge is -2.35. The molecule has 4 nitrogen and oxygen atoms in total. The molecule has 1 aliphatic rings. The van der Waals surface area contributed by atoms with Crippen LogP contribution in [0, 0.1) is 12.8 Å². The number of carbonyl (C=O) groups excluding carboxylic acids is 1. The average Bonchev–Trinajstić information content (AvgIpc) is 2.37. The normalized spacial score (nSPS) is 27.0. The van der Waals surface area contributed by atoms with E-state index in [1.165, 1.54) is 0 Å². The molecule has 1 aliphatic carbocycles. The van der Waals surface area contributed by atoms with Gasteiger partial charge in [0, 0.05) is 18.4 Å². The molecule has 4 heteroatoms. The molecule has 104 valence electrons. The molecule has 0 radical (unpaired) electrons. The summed E-state index contributed by atoms with van der Waals surface area (Å²) >= 11 is 0. The zero-order chi connectivity index (χ0) is 13.9. The van der Waals surface area contributed by atoms with E-state index in [1.807, 2.05) is 13.0 Å². The van der Waals surface area contributed by atoms with Crippen molar-refractivity contribution in [2.75, 3.05) is 6.54 Å². The van der Waals surface area contributed by atoms with Gasteiger partial charge in [-0.2, -0.15) is 0 Å². The fourth-order valence-electron chi connectivity index (χ4n) is 2.74. The van der Waals surface area contributed by atoms with Crippen molar-refractivity contribution in [2.45, 2.75) is 45.1 Å². The van der Waals surface area contributed by atoms with E-state index in [2.05, 4.69) is 17.2 Å². The van der Waals surface area contributed by atoms with Gasteiger partial charge in [-0.3, -0.25) is 9.78 Å². The first-order chi connectivity index (χ1) is 8.98. The van der Waals surface area contributed by atoms with Crippen molar-refractivity contribution in [3.8, 4) is 0 Å². The minimum Gasteiger partial charge on any atom is -0.388 e. The molecule has 2 unspecified atom stereocenters. The summed E-state index contributed by atoms with van der Waals surface area (Å²) in [5, 5.41) is 13.3. The van der Waals surface area contributed by atoms with Crippen LogP contribution in [0.3, 0.4) is 0 Å². The number of amides is 1. The number of hydrogen-bond acceptors (Lipinski definition) is 3. The molecule has 0 aromatic carbocycles. The van der Waals surface area contributed by atoms with Gasteiger partial charge in [0.05, 0.1) is 11.2 Å². The van der Waals surface area contributed by atoms with E-state index < -0.39 is 5.60 Å². The van der Waals surface area contributed by atoms with Crippen molar-refractivity contribution in [1.82, 2.24) is 10.3 Å². The van der Waals surface area contributed by atoms with Gasteiger partial charge in [-0.25, -0.2) is 0 Å². The summed E-state index contributed by atoms with van der Waals surface area (Å²) in [4.78, 5) is 16.1. The molecule has 2 atom stereocenters. The smallest absolute Gasteiger partial charge is 0.252 e. The zero-order valence-electron chi connectivity index (χ0n) is 11.6. The Morgan fingerprint density at radius 1 is 1.58 bits per heavy atom. The van der Waals surface area contributed by atoms with Gasteiger partial charge in [0.25, 0.3) is 5.91 Å². The first-order valence-corrected chi connectivity index (χ1v) is 6.92. The molecule has 1 fully saturated rings. The third-order valence-corrected chi connectivity index (χ3v) is 3.82. The second-order valence-electron chi connectivity index (χ2n) is 5.80. The fourth-order valence-corrected chi connectivity index (χ4v) is 2.74. The van der Waals surface area contributed by atoms with Gasteiger partial charge in [0.2, 0.25) is 0 Å². The second-order valence-corrected chi connectivity index (χ2v) is 5.80. The minimum atomic E-state index is -0.745. The molecule has 1 heterocycles. The lowest BCUT2D eigenvalue weighted by molar-refractivity contribution is -0.0109. The van der Waals surface area contributed by atoms with E-state index in [9.17, 15) is 9.90 Å². The standard InChI is InChI=1S/C15H22N2O2/c1-11-4-3-7-15(19,8-11)10-17-14(18)13-6-5-12(2)16-9-13/h5-6,9,11,19H,3-4,7-8,10H2,1-2H3,(H,17,18). The van der Waals surface area contributed by atoms with Crippen LogP contribution in [0.15, 0.2) is 18.3 Å². The monoisotopic (exact) mass is 262 g/mol. The van der Waals surface area contributed by atoms with Crippen molar-refractivity contribution < 1.29 is 9.90 Å². The first-order valence-electron chi connectivity index (χ1n) is 6.92. The predicted molar refractivity (Wildman–Crippen MR) is 73.9 cm³/mol. The van der Waals surface area contributed by atoms with Crippen LogP contribution in [0.4, 0.5) is 0 Å². The minimum absolute atomic E-state index is 0.167.